The molecule has 10 nitrogen and oxygen atoms in total. The van der Waals surface area contributed by atoms with Crippen LogP contribution in [0.3, 0.4) is 0 Å². The first-order chi connectivity index (χ1) is 15.7. The molecular weight excluding hydrogens is 430 g/mol. The third kappa shape index (κ3) is 6.45. The number of rotatable bonds is 8. The molecule has 174 valence electrons. The fourth-order valence-corrected chi connectivity index (χ4v) is 3.30. The molecule has 3 amide bonds. The third-order valence-electron chi connectivity index (χ3n) is 5.01. The Kier molecular flexibility index (Phi) is 7.50. The number of carboxylic acid groups (broad SMARTS) is 1. The Labute approximate surface area is 190 Å². The number of amides is 3. The largest absolute Gasteiger partial charge is 0.480 e. The highest BCUT2D eigenvalue weighted by atomic mass is 16.6. The average molecular weight is 455 g/mol. The van der Waals surface area contributed by atoms with Gasteiger partial charge in [-0.15, -0.1) is 0 Å². The minimum atomic E-state index is -1.25. The second-order valence-corrected chi connectivity index (χ2v) is 7.78. The monoisotopic (exact) mass is 455 g/mol. The van der Waals surface area contributed by atoms with E-state index in [0.29, 0.717) is 17.7 Å². The number of hydrogen-bond acceptors (Lipinski definition) is 6. The Morgan fingerprint density at radius 3 is 2.36 bits per heavy atom. The van der Waals surface area contributed by atoms with Gasteiger partial charge in [0, 0.05) is 20.5 Å². The summed E-state index contributed by atoms with van der Waals surface area (Å²) in [6, 6.07) is 13.7. The molecule has 0 spiro atoms. The smallest absolute Gasteiger partial charge is 0.414 e. The van der Waals surface area contributed by atoms with Crippen LogP contribution in [-0.2, 0) is 27.2 Å². The fraction of sp³-hybridized carbons (Fsp3) is 0.304. The van der Waals surface area contributed by atoms with E-state index in [1.54, 1.807) is 26.2 Å². The van der Waals surface area contributed by atoms with Crippen LogP contribution in [0, 0.1) is 0 Å². The Hall–Kier alpha value is -4.08. The van der Waals surface area contributed by atoms with E-state index in [2.05, 4.69) is 10.6 Å². The van der Waals surface area contributed by atoms with Crippen LogP contribution >= 0.6 is 0 Å². The Morgan fingerprint density at radius 2 is 1.76 bits per heavy atom. The van der Waals surface area contributed by atoms with Crippen molar-refractivity contribution in [2.75, 3.05) is 14.1 Å². The second kappa shape index (κ2) is 10.5. The molecule has 1 heterocycles. The molecule has 3 atom stereocenters. The molecule has 1 saturated heterocycles. The summed E-state index contributed by atoms with van der Waals surface area (Å²) in [5.74, 6) is -1.62. The van der Waals surface area contributed by atoms with E-state index in [1.165, 1.54) is 17.0 Å². The van der Waals surface area contributed by atoms with Gasteiger partial charge in [0.15, 0.2) is 0 Å². The summed E-state index contributed by atoms with van der Waals surface area (Å²) in [7, 11) is 3.11. The molecule has 10 heteroatoms. The van der Waals surface area contributed by atoms with Crippen molar-refractivity contribution in [3.63, 3.8) is 0 Å². The summed E-state index contributed by atoms with van der Waals surface area (Å²) in [4.78, 5) is 49.2. The van der Waals surface area contributed by atoms with Crippen molar-refractivity contribution in [1.29, 1.82) is 0 Å². The van der Waals surface area contributed by atoms with Crippen LogP contribution in [0.25, 0.3) is 0 Å². The molecule has 0 radical (unpaired) electrons. The molecule has 3 N–H and O–H groups in total. The van der Waals surface area contributed by atoms with Crippen LogP contribution in [0.1, 0.15) is 11.1 Å². The van der Waals surface area contributed by atoms with Gasteiger partial charge in [-0.2, -0.15) is 0 Å². The highest BCUT2D eigenvalue weighted by Gasteiger charge is 2.40. The molecule has 0 aromatic heterocycles. The second-order valence-electron chi connectivity index (χ2n) is 7.78. The van der Waals surface area contributed by atoms with Gasteiger partial charge in [-0.05, 0) is 29.7 Å². The molecule has 0 unspecified atom stereocenters. The zero-order chi connectivity index (χ0) is 24.0. The highest BCUT2D eigenvalue weighted by Crippen LogP contribution is 2.17. The van der Waals surface area contributed by atoms with E-state index < -0.39 is 42.3 Å². The van der Waals surface area contributed by atoms with Crippen molar-refractivity contribution in [3.8, 4) is 5.75 Å². The van der Waals surface area contributed by atoms with E-state index in [-0.39, 0.29) is 6.42 Å². The maximum absolute atomic E-state index is 12.8. The van der Waals surface area contributed by atoms with Gasteiger partial charge < -0.3 is 30.1 Å². The van der Waals surface area contributed by atoms with Gasteiger partial charge in [0.1, 0.15) is 11.8 Å². The number of carboxylic acids is 1. The quantitative estimate of drug-likeness (QED) is 0.550. The minimum Gasteiger partial charge on any atom is -0.480 e. The van der Waals surface area contributed by atoms with Crippen LogP contribution in [0.5, 0.6) is 5.75 Å². The molecule has 3 rings (SSSR count). The van der Waals surface area contributed by atoms with Crippen molar-refractivity contribution in [2.45, 2.75) is 31.0 Å². The Balaban J connectivity index is 1.64. The van der Waals surface area contributed by atoms with Gasteiger partial charge in [0.05, 0.1) is 6.04 Å². The molecule has 1 aliphatic heterocycles. The van der Waals surface area contributed by atoms with E-state index in [9.17, 15) is 24.3 Å². The van der Waals surface area contributed by atoms with Crippen LogP contribution in [-0.4, -0.2) is 66.4 Å². The first-order valence-electron chi connectivity index (χ1n) is 10.2. The van der Waals surface area contributed by atoms with Crippen molar-refractivity contribution >= 4 is 24.1 Å². The van der Waals surface area contributed by atoms with E-state index in [1.807, 2.05) is 30.3 Å². The van der Waals surface area contributed by atoms with Crippen LogP contribution in [0.2, 0.25) is 0 Å². The zero-order valence-electron chi connectivity index (χ0n) is 18.2. The number of carbonyl (C=O) groups excluding carboxylic acids is 3. The number of alkyl carbamates (subject to hydrolysis) is 1. The number of nitrogens with one attached hydrogen (secondary N) is 2. The van der Waals surface area contributed by atoms with E-state index >= 15 is 0 Å². The van der Waals surface area contributed by atoms with Crippen LogP contribution in [0.4, 0.5) is 9.59 Å². The topological polar surface area (TPSA) is 134 Å². The van der Waals surface area contributed by atoms with Crippen molar-refractivity contribution < 1.29 is 33.8 Å². The van der Waals surface area contributed by atoms with Crippen LogP contribution in [0.15, 0.2) is 54.6 Å². The summed E-state index contributed by atoms with van der Waals surface area (Å²) >= 11 is 0. The van der Waals surface area contributed by atoms with Gasteiger partial charge in [0.25, 0.3) is 5.91 Å². The molecule has 33 heavy (non-hydrogen) atoms. The predicted octanol–water partition coefficient (Wildman–Crippen LogP) is 1.58. The lowest BCUT2D eigenvalue weighted by Crippen LogP contribution is -2.50. The van der Waals surface area contributed by atoms with Gasteiger partial charge in [0.2, 0.25) is 6.10 Å². The minimum absolute atomic E-state index is 0.0135. The van der Waals surface area contributed by atoms with E-state index in [4.69, 9.17) is 9.47 Å². The highest BCUT2D eigenvalue weighted by molar-refractivity contribution is 5.90. The number of aliphatic carboxylic acids is 1. The molecule has 1 fully saturated rings. The number of ether oxygens (including phenoxy) is 2. The number of carbonyl (C=O) groups is 4. The first kappa shape index (κ1) is 23.6. The lowest BCUT2D eigenvalue weighted by atomic mass is 10.0. The predicted molar refractivity (Wildman–Crippen MR) is 117 cm³/mol. The molecule has 0 saturated carbocycles. The Bertz CT molecular complexity index is 1010. The van der Waals surface area contributed by atoms with Gasteiger partial charge in [-0.1, -0.05) is 42.5 Å². The number of hydrogen-bond donors (Lipinski definition) is 3. The van der Waals surface area contributed by atoms with Crippen molar-refractivity contribution in [3.05, 3.63) is 65.7 Å². The number of nitrogens with zero attached hydrogens (tertiary/aromatic N) is 1. The standard InChI is InChI=1S/C23H25N3O7/c1-26(2)23(31)32-16-10-8-15(9-11-16)13-18(21(28)29)24-20(27)19-17(25-22(30)33-19)12-14-6-4-3-5-7-14/h3-11,17-19H,12-13H2,1-2H3,(H,24,27)(H,25,30)(H,28,29)/t17-,18-,19+/m0/s1. The fourth-order valence-electron chi connectivity index (χ4n) is 3.30. The molecule has 2 aromatic rings. The summed E-state index contributed by atoms with van der Waals surface area (Å²) in [5, 5.41) is 14.7. The molecule has 0 bridgehead atoms. The summed E-state index contributed by atoms with van der Waals surface area (Å²) in [6.45, 7) is 0. The molecular formula is C23H25N3O7. The zero-order valence-corrected chi connectivity index (χ0v) is 18.2. The lowest BCUT2D eigenvalue weighted by Gasteiger charge is -2.20. The molecule has 2 aromatic carbocycles. The first-order valence-corrected chi connectivity index (χ1v) is 10.2. The molecule has 0 aliphatic carbocycles. The van der Waals surface area contributed by atoms with Crippen molar-refractivity contribution in [2.24, 2.45) is 0 Å². The van der Waals surface area contributed by atoms with Crippen LogP contribution < -0.4 is 15.4 Å². The summed E-state index contributed by atoms with van der Waals surface area (Å²) in [5.41, 5.74) is 1.51. The SMILES string of the molecule is CN(C)C(=O)Oc1ccc(C[C@H](NC(=O)[C@@H]2OC(=O)N[C@H]2Cc2ccccc2)C(=O)O)cc1. The summed E-state index contributed by atoms with van der Waals surface area (Å²) in [6.07, 6.45) is -2.09. The normalized spacial score (nSPS) is 17.9. The van der Waals surface area contributed by atoms with Gasteiger partial charge in [-0.3, -0.25) is 4.79 Å². The maximum atomic E-state index is 12.8. The number of cyclic esters (lactones) is 1. The molecule has 1 aliphatic rings. The summed E-state index contributed by atoms with van der Waals surface area (Å²) < 4.78 is 10.2. The Morgan fingerprint density at radius 1 is 1.09 bits per heavy atom. The van der Waals surface area contributed by atoms with Crippen molar-refractivity contribution in [1.82, 2.24) is 15.5 Å². The number of benzene rings is 2. The lowest BCUT2D eigenvalue weighted by molar-refractivity contribution is -0.143. The maximum Gasteiger partial charge on any atom is 0.414 e. The van der Waals surface area contributed by atoms with Gasteiger partial charge >= 0.3 is 18.2 Å². The average Bonchev–Trinajstić information content (AvgIpc) is 3.15. The van der Waals surface area contributed by atoms with E-state index in [0.717, 1.165) is 5.56 Å². The third-order valence-corrected chi connectivity index (χ3v) is 5.01. The van der Waals surface area contributed by atoms with Gasteiger partial charge in [-0.25, -0.2) is 14.4 Å².